The summed E-state index contributed by atoms with van der Waals surface area (Å²) in [5.41, 5.74) is 1.14. The first-order chi connectivity index (χ1) is 11.5. The van der Waals surface area contributed by atoms with Gasteiger partial charge in [-0.05, 0) is 37.0 Å². The maximum Gasteiger partial charge on any atom is 0.310 e. The summed E-state index contributed by atoms with van der Waals surface area (Å²) in [7, 11) is 1.34. The van der Waals surface area contributed by atoms with Gasteiger partial charge in [-0.25, -0.2) is 0 Å². The zero-order valence-electron chi connectivity index (χ0n) is 14.3. The average Bonchev–Trinajstić information content (AvgIpc) is 2.59. The van der Waals surface area contributed by atoms with Crippen molar-refractivity contribution in [2.45, 2.75) is 32.6 Å². The van der Waals surface area contributed by atoms with Crippen molar-refractivity contribution < 1.29 is 19.4 Å². The van der Waals surface area contributed by atoms with Gasteiger partial charge in [0.05, 0.1) is 13.0 Å². The number of aliphatic hydroxyl groups excluding tert-OH is 1. The molecule has 0 fully saturated rings. The summed E-state index contributed by atoms with van der Waals surface area (Å²) in [4.78, 5) is 25.6. The molecule has 1 aromatic rings. The topological polar surface area (TPSA) is 66.8 Å². The number of nitrogens with zero attached hydrogens (tertiary/aromatic N) is 1. The lowest BCUT2D eigenvalue weighted by atomic mass is 10.1. The summed E-state index contributed by atoms with van der Waals surface area (Å²) >= 11 is 5.85. The van der Waals surface area contributed by atoms with E-state index >= 15 is 0 Å². The van der Waals surface area contributed by atoms with Crippen LogP contribution in [0.25, 0.3) is 0 Å². The number of methoxy groups -OCH3 is 1. The Kier molecular flexibility index (Phi) is 9.42. The van der Waals surface area contributed by atoms with Gasteiger partial charge in [0.2, 0.25) is 5.91 Å². The number of ether oxygens (including phenoxy) is 1. The maximum atomic E-state index is 12.4. The van der Waals surface area contributed by atoms with Gasteiger partial charge in [-0.1, -0.05) is 30.7 Å². The second-order valence-electron chi connectivity index (χ2n) is 5.82. The first-order valence-electron chi connectivity index (χ1n) is 8.18. The molecule has 1 aromatic carbocycles. The van der Waals surface area contributed by atoms with Gasteiger partial charge in [-0.15, -0.1) is 0 Å². The standard InChI is InChI=1S/C18H26ClNO4/c1-14(18(23)24-2)13-20(11-4-12-21)17(22)6-3-5-15-7-9-16(19)10-8-15/h7-10,14,21H,3-6,11-13H2,1-2H3. The van der Waals surface area contributed by atoms with E-state index < -0.39 is 0 Å². The SMILES string of the molecule is COC(=O)C(C)CN(CCCO)C(=O)CCCc1ccc(Cl)cc1. The Labute approximate surface area is 148 Å². The van der Waals surface area contributed by atoms with E-state index in [9.17, 15) is 9.59 Å². The van der Waals surface area contributed by atoms with Crippen LogP contribution in [0.2, 0.25) is 5.02 Å². The van der Waals surface area contributed by atoms with Gasteiger partial charge in [0.1, 0.15) is 0 Å². The van der Waals surface area contributed by atoms with Crippen molar-refractivity contribution in [1.82, 2.24) is 4.90 Å². The molecule has 1 unspecified atom stereocenters. The number of benzene rings is 1. The van der Waals surface area contributed by atoms with Gasteiger partial charge in [-0.3, -0.25) is 9.59 Å². The molecule has 0 saturated carbocycles. The fraction of sp³-hybridized carbons (Fsp3) is 0.556. The highest BCUT2D eigenvalue weighted by Gasteiger charge is 2.20. The number of halogens is 1. The zero-order valence-corrected chi connectivity index (χ0v) is 15.1. The van der Waals surface area contributed by atoms with E-state index in [4.69, 9.17) is 21.4 Å². The Morgan fingerprint density at radius 2 is 1.92 bits per heavy atom. The van der Waals surface area contributed by atoms with E-state index in [2.05, 4.69) is 0 Å². The van der Waals surface area contributed by atoms with Gasteiger partial charge in [-0.2, -0.15) is 0 Å². The van der Waals surface area contributed by atoms with Crippen molar-refractivity contribution >= 4 is 23.5 Å². The molecular weight excluding hydrogens is 330 g/mol. The van der Waals surface area contributed by atoms with Crippen LogP contribution in [0.4, 0.5) is 0 Å². The van der Waals surface area contributed by atoms with Crippen LogP contribution in [-0.2, 0) is 20.7 Å². The molecule has 1 rings (SSSR count). The minimum Gasteiger partial charge on any atom is -0.469 e. The van der Waals surface area contributed by atoms with Crippen LogP contribution in [-0.4, -0.2) is 48.7 Å². The summed E-state index contributed by atoms with van der Waals surface area (Å²) < 4.78 is 4.71. The highest BCUT2D eigenvalue weighted by molar-refractivity contribution is 6.30. The highest BCUT2D eigenvalue weighted by Crippen LogP contribution is 2.13. The van der Waals surface area contributed by atoms with E-state index in [1.54, 1.807) is 11.8 Å². The Bertz CT molecular complexity index is 518. The molecule has 1 N–H and O–H groups in total. The molecule has 0 spiro atoms. The molecule has 134 valence electrons. The van der Waals surface area contributed by atoms with Crippen LogP contribution in [0.5, 0.6) is 0 Å². The van der Waals surface area contributed by atoms with Crippen LogP contribution < -0.4 is 0 Å². The third-order valence-corrected chi connectivity index (χ3v) is 4.06. The first-order valence-corrected chi connectivity index (χ1v) is 8.56. The van der Waals surface area contributed by atoms with E-state index in [1.807, 2.05) is 24.3 Å². The molecule has 0 aliphatic rings. The number of rotatable bonds is 10. The third kappa shape index (κ3) is 7.32. The largest absolute Gasteiger partial charge is 0.469 e. The van der Waals surface area contributed by atoms with E-state index in [-0.39, 0.29) is 24.4 Å². The lowest BCUT2D eigenvalue weighted by Gasteiger charge is -2.25. The molecule has 5 nitrogen and oxygen atoms in total. The fourth-order valence-electron chi connectivity index (χ4n) is 2.44. The summed E-state index contributed by atoms with van der Waals surface area (Å²) in [6.45, 7) is 2.50. The third-order valence-electron chi connectivity index (χ3n) is 3.81. The number of aliphatic hydroxyl groups is 1. The molecule has 0 bridgehead atoms. The van der Waals surface area contributed by atoms with E-state index in [1.165, 1.54) is 7.11 Å². The van der Waals surface area contributed by atoms with Crippen molar-refractivity contribution in [2.24, 2.45) is 5.92 Å². The molecule has 24 heavy (non-hydrogen) atoms. The fourth-order valence-corrected chi connectivity index (χ4v) is 2.56. The predicted molar refractivity (Wildman–Crippen MR) is 93.9 cm³/mol. The molecule has 6 heteroatoms. The van der Waals surface area contributed by atoms with Gasteiger partial charge >= 0.3 is 5.97 Å². The van der Waals surface area contributed by atoms with Gasteiger partial charge in [0.25, 0.3) is 0 Å². The molecule has 0 saturated heterocycles. The molecule has 0 aliphatic carbocycles. The summed E-state index contributed by atoms with van der Waals surface area (Å²) in [5, 5.41) is 9.69. The monoisotopic (exact) mass is 355 g/mol. The molecule has 1 amide bonds. The first kappa shape index (κ1) is 20.5. The normalized spacial score (nSPS) is 11.8. The van der Waals surface area contributed by atoms with Gasteiger partial charge < -0.3 is 14.7 Å². The minimum absolute atomic E-state index is 0.00633. The summed E-state index contributed by atoms with van der Waals surface area (Å²) in [5.74, 6) is -0.722. The lowest BCUT2D eigenvalue weighted by molar-refractivity contribution is -0.146. The Morgan fingerprint density at radius 1 is 1.25 bits per heavy atom. The summed E-state index contributed by atoms with van der Waals surface area (Å²) in [6.07, 6.45) is 2.42. The second kappa shape index (κ2) is 11.0. The lowest BCUT2D eigenvalue weighted by Crippen LogP contribution is -2.38. The number of hydrogen-bond acceptors (Lipinski definition) is 4. The highest BCUT2D eigenvalue weighted by atomic mass is 35.5. The smallest absolute Gasteiger partial charge is 0.310 e. The van der Waals surface area contributed by atoms with Crippen LogP contribution in [0.1, 0.15) is 31.7 Å². The second-order valence-corrected chi connectivity index (χ2v) is 6.26. The zero-order chi connectivity index (χ0) is 17.9. The summed E-state index contributed by atoms with van der Waals surface area (Å²) in [6, 6.07) is 7.58. The Hall–Kier alpha value is -1.59. The molecule has 0 aliphatic heterocycles. The average molecular weight is 356 g/mol. The van der Waals surface area contributed by atoms with Crippen LogP contribution >= 0.6 is 11.6 Å². The Morgan fingerprint density at radius 3 is 2.50 bits per heavy atom. The molecule has 0 aromatic heterocycles. The van der Waals surface area contributed by atoms with Crippen molar-refractivity contribution in [3.8, 4) is 0 Å². The van der Waals surface area contributed by atoms with Crippen molar-refractivity contribution in [2.75, 3.05) is 26.8 Å². The van der Waals surface area contributed by atoms with E-state index in [0.717, 1.165) is 18.4 Å². The quantitative estimate of drug-likeness (QED) is 0.655. The number of hydrogen-bond donors (Lipinski definition) is 1. The molecular formula is C18H26ClNO4. The Balaban J connectivity index is 2.50. The van der Waals surface area contributed by atoms with E-state index in [0.29, 0.717) is 31.0 Å². The van der Waals surface area contributed by atoms with Gasteiger partial charge in [0.15, 0.2) is 0 Å². The number of esters is 1. The van der Waals surface area contributed by atoms with Crippen LogP contribution in [0.15, 0.2) is 24.3 Å². The molecule has 0 heterocycles. The number of carbonyl (C=O) groups excluding carboxylic acids is 2. The van der Waals surface area contributed by atoms with Crippen LogP contribution in [0, 0.1) is 5.92 Å². The maximum absolute atomic E-state index is 12.4. The van der Waals surface area contributed by atoms with Crippen molar-refractivity contribution in [3.63, 3.8) is 0 Å². The number of aryl methyl sites for hydroxylation is 1. The van der Waals surface area contributed by atoms with Crippen molar-refractivity contribution in [1.29, 1.82) is 0 Å². The minimum atomic E-state index is -0.381. The van der Waals surface area contributed by atoms with Gasteiger partial charge in [0, 0.05) is 31.1 Å². The number of carbonyl (C=O) groups is 2. The molecule has 1 atom stereocenters. The predicted octanol–water partition coefficient (Wildman–Crippen LogP) is 2.68. The molecule has 0 radical (unpaired) electrons. The van der Waals surface area contributed by atoms with Crippen LogP contribution in [0.3, 0.4) is 0 Å². The van der Waals surface area contributed by atoms with Crippen molar-refractivity contribution in [3.05, 3.63) is 34.9 Å². The number of amides is 1.